The Morgan fingerprint density at radius 2 is 2.00 bits per heavy atom. The van der Waals surface area contributed by atoms with Crippen molar-refractivity contribution in [3.05, 3.63) is 35.9 Å². The van der Waals surface area contributed by atoms with Gasteiger partial charge in [0.25, 0.3) is 0 Å². The molecule has 0 aliphatic heterocycles. The fourth-order valence-corrected chi connectivity index (χ4v) is 2.88. The van der Waals surface area contributed by atoms with Crippen molar-refractivity contribution in [2.45, 2.75) is 25.8 Å². The summed E-state index contributed by atoms with van der Waals surface area (Å²) in [6.45, 7) is 2.24. The van der Waals surface area contributed by atoms with Crippen LogP contribution in [-0.2, 0) is 26.0 Å². The molecule has 0 heterocycles. The van der Waals surface area contributed by atoms with E-state index in [9.17, 15) is 13.2 Å². The van der Waals surface area contributed by atoms with Crippen LogP contribution in [-0.4, -0.2) is 44.5 Å². The van der Waals surface area contributed by atoms with Crippen LogP contribution in [0, 0.1) is 0 Å². The maximum absolute atomic E-state index is 11.8. The quantitative estimate of drug-likeness (QED) is 0.629. The smallest absolute Gasteiger partial charge is 0.321 e. The van der Waals surface area contributed by atoms with E-state index in [-0.39, 0.29) is 18.8 Å². The topological polar surface area (TPSA) is 92.7 Å². The number of benzene rings is 1. The molecule has 0 aliphatic rings. The molecule has 1 aromatic carbocycles. The molecule has 0 fully saturated rings. The number of rotatable bonds is 10. The highest BCUT2D eigenvalue weighted by Crippen LogP contribution is 2.06. The van der Waals surface area contributed by atoms with Crippen LogP contribution >= 0.6 is 0 Å². The molecule has 0 amide bonds. The van der Waals surface area contributed by atoms with Crippen molar-refractivity contribution < 1.29 is 23.1 Å². The van der Waals surface area contributed by atoms with Crippen LogP contribution in [0.5, 0.6) is 0 Å². The Morgan fingerprint density at radius 1 is 1.33 bits per heavy atom. The van der Waals surface area contributed by atoms with Crippen molar-refractivity contribution in [1.82, 2.24) is 4.72 Å². The van der Waals surface area contributed by atoms with Gasteiger partial charge in [0.15, 0.2) is 0 Å². The first-order valence-electron chi connectivity index (χ1n) is 6.79. The van der Waals surface area contributed by atoms with E-state index in [2.05, 4.69) is 4.72 Å². The first kappa shape index (κ1) is 17.6. The van der Waals surface area contributed by atoms with Crippen LogP contribution in [0.15, 0.2) is 30.3 Å². The van der Waals surface area contributed by atoms with Crippen molar-refractivity contribution in [1.29, 1.82) is 0 Å². The van der Waals surface area contributed by atoms with Crippen molar-refractivity contribution in [2.75, 3.05) is 19.0 Å². The normalized spacial score (nSPS) is 13.0. The summed E-state index contributed by atoms with van der Waals surface area (Å²) >= 11 is 0. The highest BCUT2D eigenvalue weighted by atomic mass is 32.2. The van der Waals surface area contributed by atoms with Gasteiger partial charge in [0.05, 0.1) is 12.4 Å². The molecule has 0 spiro atoms. The lowest BCUT2D eigenvalue weighted by atomic mass is 10.1. The molecular weight excluding hydrogens is 294 g/mol. The monoisotopic (exact) mass is 315 g/mol. The number of hydrogen-bond donors (Lipinski definition) is 2. The van der Waals surface area contributed by atoms with Gasteiger partial charge in [-0.25, -0.2) is 13.1 Å². The largest absolute Gasteiger partial charge is 0.480 e. The Labute approximate surface area is 125 Å². The molecule has 0 bridgehead atoms. The highest BCUT2D eigenvalue weighted by Gasteiger charge is 2.23. The lowest BCUT2D eigenvalue weighted by Crippen LogP contribution is -2.42. The SMILES string of the molecule is CCOCCS(=O)(=O)NC(CCc1ccccc1)C(=O)O. The summed E-state index contributed by atoms with van der Waals surface area (Å²) in [5, 5.41) is 9.13. The van der Waals surface area contributed by atoms with E-state index in [1.807, 2.05) is 30.3 Å². The third kappa shape index (κ3) is 7.22. The molecule has 21 heavy (non-hydrogen) atoms. The third-order valence-electron chi connectivity index (χ3n) is 2.88. The second-order valence-corrected chi connectivity index (χ2v) is 6.42. The van der Waals surface area contributed by atoms with Crippen LogP contribution in [0.4, 0.5) is 0 Å². The summed E-state index contributed by atoms with van der Waals surface area (Å²) in [4.78, 5) is 11.2. The summed E-state index contributed by atoms with van der Waals surface area (Å²) in [6.07, 6.45) is 0.693. The molecule has 118 valence electrons. The van der Waals surface area contributed by atoms with Crippen molar-refractivity contribution >= 4 is 16.0 Å². The second kappa shape index (κ2) is 8.76. The zero-order valence-electron chi connectivity index (χ0n) is 12.0. The molecule has 7 heteroatoms. The van der Waals surface area contributed by atoms with Crippen LogP contribution in [0.2, 0.25) is 0 Å². The number of carboxylic acids is 1. The minimum Gasteiger partial charge on any atom is -0.480 e. The summed E-state index contributed by atoms with van der Waals surface area (Å²) in [7, 11) is -3.66. The minimum atomic E-state index is -3.66. The zero-order chi connectivity index (χ0) is 15.7. The maximum atomic E-state index is 11.8. The minimum absolute atomic E-state index is 0.0524. The van der Waals surface area contributed by atoms with Gasteiger partial charge in [0.2, 0.25) is 10.0 Å². The third-order valence-corrected chi connectivity index (χ3v) is 4.23. The Hall–Kier alpha value is -1.44. The molecule has 0 saturated heterocycles. The highest BCUT2D eigenvalue weighted by molar-refractivity contribution is 7.89. The summed E-state index contributed by atoms with van der Waals surface area (Å²) in [6, 6.07) is 8.21. The van der Waals surface area contributed by atoms with Gasteiger partial charge >= 0.3 is 5.97 Å². The van der Waals surface area contributed by atoms with Gasteiger partial charge in [-0.05, 0) is 25.3 Å². The van der Waals surface area contributed by atoms with E-state index in [0.717, 1.165) is 5.56 Å². The number of carbonyl (C=O) groups is 1. The summed E-state index contributed by atoms with van der Waals surface area (Å²) < 4.78 is 30.7. The second-order valence-electron chi connectivity index (χ2n) is 4.55. The summed E-state index contributed by atoms with van der Waals surface area (Å²) in [5.74, 6) is -1.42. The number of aliphatic carboxylic acids is 1. The van der Waals surface area contributed by atoms with E-state index in [0.29, 0.717) is 13.0 Å². The van der Waals surface area contributed by atoms with E-state index < -0.39 is 22.0 Å². The number of aryl methyl sites for hydroxylation is 1. The van der Waals surface area contributed by atoms with Gasteiger partial charge < -0.3 is 9.84 Å². The van der Waals surface area contributed by atoms with Gasteiger partial charge in [-0.3, -0.25) is 4.79 Å². The molecule has 6 nitrogen and oxygen atoms in total. The van der Waals surface area contributed by atoms with E-state index in [1.165, 1.54) is 0 Å². The average Bonchev–Trinajstić information content (AvgIpc) is 2.44. The number of nitrogens with one attached hydrogen (secondary N) is 1. The van der Waals surface area contributed by atoms with Crippen LogP contribution in [0.1, 0.15) is 18.9 Å². The predicted octanol–water partition coefficient (Wildman–Crippen LogP) is 1.03. The lowest BCUT2D eigenvalue weighted by Gasteiger charge is -2.14. The van der Waals surface area contributed by atoms with Crippen LogP contribution in [0.25, 0.3) is 0 Å². The Bertz CT molecular complexity index is 530. The van der Waals surface area contributed by atoms with E-state index in [4.69, 9.17) is 9.84 Å². The standard InChI is InChI=1S/C14H21NO5S/c1-2-20-10-11-21(18,19)15-13(14(16)17)9-8-12-6-4-3-5-7-12/h3-7,13,15H,2,8-11H2,1H3,(H,16,17). The molecule has 0 radical (unpaired) electrons. The number of sulfonamides is 1. The first-order chi connectivity index (χ1) is 9.94. The van der Waals surface area contributed by atoms with Gasteiger partial charge in [-0.1, -0.05) is 30.3 Å². The van der Waals surface area contributed by atoms with Gasteiger partial charge in [0.1, 0.15) is 6.04 Å². The molecule has 0 aliphatic carbocycles. The Kier molecular flexibility index (Phi) is 7.35. The molecule has 1 aromatic rings. The predicted molar refractivity (Wildman–Crippen MR) is 79.6 cm³/mol. The maximum Gasteiger partial charge on any atom is 0.321 e. The van der Waals surface area contributed by atoms with Crippen molar-refractivity contribution in [3.63, 3.8) is 0 Å². The molecular formula is C14H21NO5S. The Balaban J connectivity index is 2.55. The molecule has 0 aromatic heterocycles. The van der Waals surface area contributed by atoms with E-state index in [1.54, 1.807) is 6.92 Å². The lowest BCUT2D eigenvalue weighted by molar-refractivity contribution is -0.139. The number of carboxylic acid groups (broad SMARTS) is 1. The first-order valence-corrected chi connectivity index (χ1v) is 8.44. The number of ether oxygens (including phenoxy) is 1. The molecule has 0 saturated carbocycles. The Morgan fingerprint density at radius 3 is 2.57 bits per heavy atom. The van der Waals surface area contributed by atoms with Crippen LogP contribution < -0.4 is 4.72 Å². The zero-order valence-corrected chi connectivity index (χ0v) is 12.8. The summed E-state index contributed by atoms with van der Waals surface area (Å²) in [5.41, 5.74) is 0.970. The van der Waals surface area contributed by atoms with Gasteiger partial charge in [-0.2, -0.15) is 0 Å². The van der Waals surface area contributed by atoms with Crippen molar-refractivity contribution in [2.24, 2.45) is 0 Å². The average molecular weight is 315 g/mol. The number of hydrogen-bond acceptors (Lipinski definition) is 4. The fourth-order valence-electron chi connectivity index (χ4n) is 1.78. The molecule has 2 N–H and O–H groups in total. The van der Waals surface area contributed by atoms with Crippen LogP contribution in [0.3, 0.4) is 0 Å². The van der Waals surface area contributed by atoms with Crippen molar-refractivity contribution in [3.8, 4) is 0 Å². The van der Waals surface area contributed by atoms with Gasteiger partial charge in [0, 0.05) is 6.61 Å². The fraction of sp³-hybridized carbons (Fsp3) is 0.500. The molecule has 1 atom stereocenters. The molecule has 1 unspecified atom stereocenters. The molecule has 1 rings (SSSR count). The van der Waals surface area contributed by atoms with E-state index >= 15 is 0 Å². The van der Waals surface area contributed by atoms with Gasteiger partial charge in [-0.15, -0.1) is 0 Å².